The van der Waals surface area contributed by atoms with Crippen LogP contribution < -0.4 is 15.4 Å². The molecule has 134 valence electrons. The average molecular weight is 344 g/mol. The molecule has 0 bridgehead atoms. The number of nitrogens with one attached hydrogen (secondary N) is 2. The highest BCUT2D eigenvalue weighted by atomic mass is 16.5. The van der Waals surface area contributed by atoms with Crippen molar-refractivity contribution in [3.8, 4) is 5.75 Å². The van der Waals surface area contributed by atoms with Crippen molar-refractivity contribution < 1.29 is 14.3 Å². The zero-order valence-electron chi connectivity index (χ0n) is 14.7. The number of aromatic nitrogens is 2. The molecule has 2 N–H and O–H groups in total. The second kappa shape index (κ2) is 8.86. The lowest BCUT2D eigenvalue weighted by Gasteiger charge is -2.22. The maximum Gasteiger partial charge on any atom is 0.251 e. The maximum absolute atomic E-state index is 12.4. The summed E-state index contributed by atoms with van der Waals surface area (Å²) in [4.78, 5) is 24.8. The fourth-order valence-corrected chi connectivity index (χ4v) is 2.34. The van der Waals surface area contributed by atoms with E-state index >= 15 is 0 Å². The number of hydrogen-bond acceptors (Lipinski definition) is 4. The predicted octanol–water partition coefficient (Wildman–Crippen LogP) is 1.46. The summed E-state index contributed by atoms with van der Waals surface area (Å²) in [5.74, 6) is 0.146. The summed E-state index contributed by atoms with van der Waals surface area (Å²) >= 11 is 0. The van der Waals surface area contributed by atoms with E-state index in [0.717, 1.165) is 0 Å². The third-order valence-electron chi connectivity index (χ3n) is 3.79. The predicted molar refractivity (Wildman–Crippen MR) is 94.3 cm³/mol. The van der Waals surface area contributed by atoms with E-state index < -0.39 is 6.04 Å². The normalized spacial score (nSPS) is 11.8. The van der Waals surface area contributed by atoms with Gasteiger partial charge in [0.2, 0.25) is 5.91 Å². The van der Waals surface area contributed by atoms with Gasteiger partial charge in [0.25, 0.3) is 5.91 Å². The van der Waals surface area contributed by atoms with E-state index in [1.54, 1.807) is 42.3 Å². The highest BCUT2D eigenvalue weighted by Crippen LogP contribution is 2.12. The molecule has 0 spiro atoms. The van der Waals surface area contributed by atoms with Crippen LogP contribution in [0.3, 0.4) is 0 Å². The smallest absolute Gasteiger partial charge is 0.251 e. The summed E-state index contributed by atoms with van der Waals surface area (Å²) in [5, 5.41) is 9.72. The number of ether oxygens (including phenoxy) is 1. The summed E-state index contributed by atoms with van der Waals surface area (Å²) < 4.78 is 6.82. The quantitative estimate of drug-likeness (QED) is 0.759. The first-order chi connectivity index (χ1) is 12.0. The Balaban J connectivity index is 1.91. The molecule has 2 aromatic rings. The van der Waals surface area contributed by atoms with Gasteiger partial charge in [-0.2, -0.15) is 5.10 Å². The molecule has 1 heterocycles. The number of amides is 2. The van der Waals surface area contributed by atoms with E-state index in [2.05, 4.69) is 15.7 Å². The summed E-state index contributed by atoms with van der Waals surface area (Å²) in [6.45, 7) is 4.82. The number of methoxy groups -OCH3 is 1. The molecule has 0 aliphatic rings. The molecule has 0 saturated heterocycles. The van der Waals surface area contributed by atoms with E-state index in [1.165, 1.54) is 0 Å². The monoisotopic (exact) mass is 344 g/mol. The third-order valence-corrected chi connectivity index (χ3v) is 3.79. The Morgan fingerprint density at radius 1 is 1.24 bits per heavy atom. The van der Waals surface area contributed by atoms with Crippen LogP contribution in [-0.2, 0) is 11.3 Å². The fraction of sp³-hybridized carbons (Fsp3) is 0.389. The van der Waals surface area contributed by atoms with E-state index in [0.29, 0.717) is 24.4 Å². The standard InChI is InChI=1S/C18H24N4O3/c1-13(2)16(18(24)19-10-12-22-11-4-9-20-22)21-17(23)14-5-7-15(25-3)8-6-14/h4-9,11,13,16H,10,12H2,1-3H3,(H,19,24)(H,21,23). The Hall–Kier alpha value is -2.83. The lowest BCUT2D eigenvalue weighted by Crippen LogP contribution is -2.50. The van der Waals surface area contributed by atoms with E-state index in [1.807, 2.05) is 26.1 Å². The van der Waals surface area contributed by atoms with Crippen molar-refractivity contribution in [2.75, 3.05) is 13.7 Å². The Labute approximate surface area is 147 Å². The molecular formula is C18H24N4O3. The lowest BCUT2D eigenvalue weighted by molar-refractivity contribution is -0.123. The number of carbonyl (C=O) groups is 2. The minimum atomic E-state index is -0.604. The van der Waals surface area contributed by atoms with Crippen molar-refractivity contribution in [1.82, 2.24) is 20.4 Å². The van der Waals surface area contributed by atoms with Gasteiger partial charge >= 0.3 is 0 Å². The zero-order chi connectivity index (χ0) is 18.2. The van der Waals surface area contributed by atoms with Crippen molar-refractivity contribution in [2.24, 2.45) is 5.92 Å². The van der Waals surface area contributed by atoms with Crippen LogP contribution in [0.15, 0.2) is 42.7 Å². The van der Waals surface area contributed by atoms with Crippen LogP contribution >= 0.6 is 0 Å². The van der Waals surface area contributed by atoms with Gasteiger partial charge in [0, 0.05) is 24.5 Å². The van der Waals surface area contributed by atoms with Crippen molar-refractivity contribution in [3.05, 3.63) is 48.3 Å². The van der Waals surface area contributed by atoms with Crippen LogP contribution in [-0.4, -0.2) is 41.3 Å². The Bertz CT molecular complexity index is 681. The van der Waals surface area contributed by atoms with Crippen LogP contribution in [0.25, 0.3) is 0 Å². The molecule has 2 rings (SSSR count). The number of hydrogen-bond donors (Lipinski definition) is 2. The molecule has 7 heteroatoms. The van der Waals surface area contributed by atoms with Crippen molar-refractivity contribution in [3.63, 3.8) is 0 Å². The first kappa shape index (κ1) is 18.5. The molecule has 7 nitrogen and oxygen atoms in total. The third kappa shape index (κ3) is 5.34. The van der Waals surface area contributed by atoms with Gasteiger partial charge in [0.15, 0.2) is 0 Å². The van der Waals surface area contributed by atoms with Gasteiger partial charge in [-0.05, 0) is 36.2 Å². The highest BCUT2D eigenvalue weighted by molar-refractivity contribution is 5.97. The Kier molecular flexibility index (Phi) is 6.56. The van der Waals surface area contributed by atoms with Crippen molar-refractivity contribution >= 4 is 11.8 Å². The molecule has 0 saturated carbocycles. The van der Waals surface area contributed by atoms with Crippen molar-refractivity contribution in [1.29, 1.82) is 0 Å². The summed E-state index contributed by atoms with van der Waals surface area (Å²) in [7, 11) is 1.57. The fourth-order valence-electron chi connectivity index (χ4n) is 2.34. The van der Waals surface area contributed by atoms with Gasteiger partial charge in [0.05, 0.1) is 13.7 Å². The summed E-state index contributed by atoms with van der Waals surface area (Å²) in [6, 6.07) is 7.98. The highest BCUT2D eigenvalue weighted by Gasteiger charge is 2.24. The maximum atomic E-state index is 12.4. The molecule has 0 aliphatic heterocycles. The molecule has 0 radical (unpaired) electrons. The molecule has 0 fully saturated rings. The Morgan fingerprint density at radius 3 is 2.52 bits per heavy atom. The first-order valence-electron chi connectivity index (χ1n) is 8.21. The van der Waals surface area contributed by atoms with E-state index in [4.69, 9.17) is 4.74 Å². The average Bonchev–Trinajstić information content (AvgIpc) is 3.12. The van der Waals surface area contributed by atoms with Gasteiger partial charge in [-0.1, -0.05) is 13.8 Å². The van der Waals surface area contributed by atoms with E-state index in [-0.39, 0.29) is 17.7 Å². The number of carbonyl (C=O) groups excluding carboxylic acids is 2. The van der Waals surface area contributed by atoms with Crippen molar-refractivity contribution in [2.45, 2.75) is 26.4 Å². The zero-order valence-corrected chi connectivity index (χ0v) is 14.7. The molecule has 0 aliphatic carbocycles. The van der Waals surface area contributed by atoms with E-state index in [9.17, 15) is 9.59 Å². The van der Waals surface area contributed by atoms with Crippen LogP contribution in [0.5, 0.6) is 5.75 Å². The number of benzene rings is 1. The van der Waals surface area contributed by atoms with Gasteiger partial charge < -0.3 is 15.4 Å². The second-order valence-corrected chi connectivity index (χ2v) is 5.98. The molecule has 1 aromatic heterocycles. The van der Waals surface area contributed by atoms with Gasteiger partial charge in [0.1, 0.15) is 11.8 Å². The number of rotatable bonds is 8. The van der Waals surface area contributed by atoms with Crippen LogP contribution in [0.1, 0.15) is 24.2 Å². The molecule has 1 aromatic carbocycles. The molecule has 25 heavy (non-hydrogen) atoms. The molecule has 1 unspecified atom stereocenters. The second-order valence-electron chi connectivity index (χ2n) is 5.98. The minimum absolute atomic E-state index is 0.0353. The molecule has 1 atom stereocenters. The molecule has 2 amide bonds. The van der Waals surface area contributed by atoms with Gasteiger partial charge in [-0.15, -0.1) is 0 Å². The SMILES string of the molecule is COc1ccc(C(=O)NC(C(=O)NCCn2cccn2)C(C)C)cc1. The van der Waals surface area contributed by atoms with Crippen LogP contribution in [0.2, 0.25) is 0 Å². The first-order valence-corrected chi connectivity index (χ1v) is 8.21. The topological polar surface area (TPSA) is 85.2 Å². The largest absolute Gasteiger partial charge is 0.497 e. The molecular weight excluding hydrogens is 320 g/mol. The summed E-state index contributed by atoms with van der Waals surface area (Å²) in [5.41, 5.74) is 0.482. The lowest BCUT2D eigenvalue weighted by atomic mass is 10.0. The summed E-state index contributed by atoms with van der Waals surface area (Å²) in [6.07, 6.45) is 3.52. The van der Waals surface area contributed by atoms with Gasteiger partial charge in [-0.3, -0.25) is 14.3 Å². The Morgan fingerprint density at radius 2 is 1.96 bits per heavy atom. The minimum Gasteiger partial charge on any atom is -0.497 e. The van der Waals surface area contributed by atoms with Gasteiger partial charge in [-0.25, -0.2) is 0 Å². The number of nitrogens with zero attached hydrogens (tertiary/aromatic N) is 2. The van der Waals surface area contributed by atoms with Crippen LogP contribution in [0.4, 0.5) is 0 Å². The van der Waals surface area contributed by atoms with Crippen LogP contribution in [0, 0.1) is 5.92 Å².